The predicted octanol–water partition coefficient (Wildman–Crippen LogP) is 4.12. The van der Waals surface area contributed by atoms with Crippen molar-refractivity contribution in [3.8, 4) is 11.5 Å². The molecule has 2 aromatic rings. The standard InChI is InChI=1S/C19H16BrNO4/c1-11-5-4-6-14(17(11)24-3)18-21-15(19(22)25-18)10-12-9-13(20)7-8-16(12)23-2/h4-10H,1-3H3/b15-10-. The molecule has 3 rings (SSSR count). The van der Waals surface area contributed by atoms with Crippen molar-refractivity contribution in [2.75, 3.05) is 14.2 Å². The average Bonchev–Trinajstić information content (AvgIpc) is 2.95. The third kappa shape index (κ3) is 3.44. The molecular formula is C19H16BrNO4. The highest BCUT2D eigenvalue weighted by atomic mass is 79.9. The summed E-state index contributed by atoms with van der Waals surface area (Å²) in [5, 5.41) is 0. The van der Waals surface area contributed by atoms with Gasteiger partial charge >= 0.3 is 5.97 Å². The van der Waals surface area contributed by atoms with Crippen LogP contribution in [0.25, 0.3) is 6.08 Å². The minimum Gasteiger partial charge on any atom is -0.496 e. The molecule has 0 spiro atoms. The zero-order valence-corrected chi connectivity index (χ0v) is 15.6. The Morgan fingerprint density at radius 1 is 1.16 bits per heavy atom. The molecule has 2 aromatic carbocycles. The summed E-state index contributed by atoms with van der Waals surface area (Å²) < 4.78 is 17.0. The number of esters is 1. The quantitative estimate of drug-likeness (QED) is 0.571. The number of aliphatic imine (C=N–C) groups is 1. The second kappa shape index (κ2) is 7.11. The summed E-state index contributed by atoms with van der Waals surface area (Å²) in [5.74, 6) is 0.988. The van der Waals surface area contributed by atoms with E-state index in [-0.39, 0.29) is 11.6 Å². The molecule has 0 saturated carbocycles. The Hall–Kier alpha value is -2.60. The summed E-state index contributed by atoms with van der Waals surface area (Å²) in [6.45, 7) is 1.92. The molecule has 0 N–H and O–H groups in total. The minimum atomic E-state index is -0.513. The molecule has 1 aliphatic rings. The molecule has 5 nitrogen and oxygen atoms in total. The van der Waals surface area contributed by atoms with Gasteiger partial charge in [0.25, 0.3) is 0 Å². The number of carbonyl (C=O) groups is 1. The Morgan fingerprint density at radius 3 is 2.68 bits per heavy atom. The number of hydrogen-bond acceptors (Lipinski definition) is 5. The number of aryl methyl sites for hydroxylation is 1. The van der Waals surface area contributed by atoms with E-state index in [0.29, 0.717) is 17.1 Å². The molecule has 0 aromatic heterocycles. The minimum absolute atomic E-state index is 0.204. The smallest absolute Gasteiger partial charge is 0.363 e. The number of nitrogens with zero attached hydrogens (tertiary/aromatic N) is 1. The molecule has 0 fully saturated rings. The SMILES string of the molecule is COc1ccc(Br)cc1/C=C1\N=C(c2cccc(C)c2OC)OC1=O. The fourth-order valence-electron chi connectivity index (χ4n) is 2.58. The summed E-state index contributed by atoms with van der Waals surface area (Å²) in [6, 6.07) is 11.1. The van der Waals surface area contributed by atoms with Crippen molar-refractivity contribution in [3.63, 3.8) is 0 Å². The van der Waals surface area contributed by atoms with Gasteiger partial charge in [-0.15, -0.1) is 0 Å². The van der Waals surface area contributed by atoms with Gasteiger partial charge in [0.05, 0.1) is 19.8 Å². The number of cyclic esters (lactones) is 1. The van der Waals surface area contributed by atoms with E-state index in [1.54, 1.807) is 26.4 Å². The van der Waals surface area contributed by atoms with Gasteiger partial charge in [-0.3, -0.25) is 0 Å². The van der Waals surface area contributed by atoms with Crippen molar-refractivity contribution in [3.05, 3.63) is 63.3 Å². The Bertz CT molecular complexity index is 902. The number of hydrogen-bond donors (Lipinski definition) is 0. The van der Waals surface area contributed by atoms with E-state index in [9.17, 15) is 4.79 Å². The molecule has 0 amide bonds. The number of ether oxygens (including phenoxy) is 3. The maximum Gasteiger partial charge on any atom is 0.363 e. The van der Waals surface area contributed by atoms with Crippen LogP contribution in [0.15, 0.2) is 51.6 Å². The lowest BCUT2D eigenvalue weighted by Gasteiger charge is -2.09. The van der Waals surface area contributed by atoms with Gasteiger partial charge in [-0.2, -0.15) is 0 Å². The Balaban J connectivity index is 2.05. The first-order valence-corrected chi connectivity index (χ1v) is 8.33. The molecule has 0 atom stereocenters. The first kappa shape index (κ1) is 17.2. The van der Waals surface area contributed by atoms with Crippen molar-refractivity contribution in [1.82, 2.24) is 0 Å². The zero-order valence-electron chi connectivity index (χ0n) is 14.0. The second-order valence-electron chi connectivity index (χ2n) is 5.38. The number of benzene rings is 2. The predicted molar refractivity (Wildman–Crippen MR) is 99.0 cm³/mol. The van der Waals surface area contributed by atoms with Crippen LogP contribution in [0.5, 0.6) is 11.5 Å². The lowest BCUT2D eigenvalue weighted by Crippen LogP contribution is -2.07. The molecule has 0 radical (unpaired) electrons. The Kier molecular flexibility index (Phi) is 4.90. The van der Waals surface area contributed by atoms with E-state index in [2.05, 4.69) is 20.9 Å². The third-order valence-electron chi connectivity index (χ3n) is 3.75. The van der Waals surface area contributed by atoms with Gasteiger partial charge in [0.2, 0.25) is 5.90 Å². The van der Waals surface area contributed by atoms with Gasteiger partial charge in [0, 0.05) is 10.0 Å². The number of carbonyl (C=O) groups excluding carboxylic acids is 1. The normalized spacial score (nSPS) is 15.1. The average molecular weight is 402 g/mol. The van der Waals surface area contributed by atoms with E-state index < -0.39 is 5.97 Å². The van der Waals surface area contributed by atoms with Crippen molar-refractivity contribution < 1.29 is 19.0 Å². The zero-order chi connectivity index (χ0) is 18.0. The van der Waals surface area contributed by atoms with Gasteiger partial charge in [-0.25, -0.2) is 9.79 Å². The van der Waals surface area contributed by atoms with Crippen LogP contribution in [-0.4, -0.2) is 26.1 Å². The Morgan fingerprint density at radius 2 is 1.96 bits per heavy atom. The fourth-order valence-corrected chi connectivity index (χ4v) is 2.96. The third-order valence-corrected chi connectivity index (χ3v) is 4.24. The number of methoxy groups -OCH3 is 2. The summed E-state index contributed by atoms with van der Waals surface area (Å²) in [4.78, 5) is 16.6. The highest BCUT2D eigenvalue weighted by Crippen LogP contribution is 2.30. The van der Waals surface area contributed by atoms with Crippen LogP contribution in [-0.2, 0) is 9.53 Å². The van der Waals surface area contributed by atoms with E-state index in [1.165, 1.54) is 0 Å². The van der Waals surface area contributed by atoms with Gasteiger partial charge < -0.3 is 14.2 Å². The maximum atomic E-state index is 12.2. The molecule has 128 valence electrons. The number of rotatable bonds is 4. The van der Waals surface area contributed by atoms with Gasteiger partial charge in [0.15, 0.2) is 5.70 Å². The fraction of sp³-hybridized carbons (Fsp3) is 0.158. The molecule has 1 heterocycles. The summed E-state index contributed by atoms with van der Waals surface area (Å²) >= 11 is 3.41. The first-order chi connectivity index (χ1) is 12.0. The molecule has 0 unspecified atom stereocenters. The van der Waals surface area contributed by atoms with Crippen LogP contribution < -0.4 is 9.47 Å². The van der Waals surface area contributed by atoms with Crippen LogP contribution in [0.4, 0.5) is 0 Å². The topological polar surface area (TPSA) is 57.1 Å². The lowest BCUT2D eigenvalue weighted by molar-refractivity contribution is -0.129. The van der Waals surface area contributed by atoms with Crippen molar-refractivity contribution in [1.29, 1.82) is 0 Å². The van der Waals surface area contributed by atoms with E-state index in [0.717, 1.165) is 15.6 Å². The van der Waals surface area contributed by atoms with Crippen molar-refractivity contribution in [2.45, 2.75) is 6.92 Å². The van der Waals surface area contributed by atoms with Crippen LogP contribution >= 0.6 is 15.9 Å². The molecule has 0 saturated heterocycles. The molecule has 1 aliphatic heterocycles. The summed E-state index contributed by atoms with van der Waals surface area (Å²) in [7, 11) is 3.15. The molecule has 6 heteroatoms. The van der Waals surface area contributed by atoms with Crippen LogP contribution in [0.2, 0.25) is 0 Å². The van der Waals surface area contributed by atoms with E-state index in [1.807, 2.05) is 37.3 Å². The molecule has 25 heavy (non-hydrogen) atoms. The van der Waals surface area contributed by atoms with Crippen LogP contribution in [0.3, 0.4) is 0 Å². The van der Waals surface area contributed by atoms with Crippen molar-refractivity contribution >= 4 is 33.9 Å². The molecule has 0 aliphatic carbocycles. The lowest BCUT2D eigenvalue weighted by atomic mass is 10.1. The van der Waals surface area contributed by atoms with Gasteiger partial charge in [0.1, 0.15) is 11.5 Å². The first-order valence-electron chi connectivity index (χ1n) is 7.53. The summed E-state index contributed by atoms with van der Waals surface area (Å²) in [6.07, 6.45) is 1.64. The Labute approximate surface area is 154 Å². The second-order valence-corrected chi connectivity index (χ2v) is 6.29. The summed E-state index contributed by atoms with van der Waals surface area (Å²) in [5.41, 5.74) is 2.50. The van der Waals surface area contributed by atoms with Crippen LogP contribution in [0, 0.1) is 6.92 Å². The number of halogens is 1. The monoisotopic (exact) mass is 401 g/mol. The van der Waals surface area contributed by atoms with Crippen LogP contribution in [0.1, 0.15) is 16.7 Å². The maximum absolute atomic E-state index is 12.2. The molecular weight excluding hydrogens is 386 g/mol. The largest absolute Gasteiger partial charge is 0.496 e. The highest BCUT2D eigenvalue weighted by Gasteiger charge is 2.27. The van der Waals surface area contributed by atoms with Gasteiger partial charge in [-0.05, 0) is 42.8 Å². The van der Waals surface area contributed by atoms with E-state index in [4.69, 9.17) is 14.2 Å². The van der Waals surface area contributed by atoms with Gasteiger partial charge in [-0.1, -0.05) is 28.1 Å². The molecule has 0 bridgehead atoms. The van der Waals surface area contributed by atoms with Crippen molar-refractivity contribution in [2.24, 2.45) is 4.99 Å². The highest BCUT2D eigenvalue weighted by molar-refractivity contribution is 9.10. The number of para-hydroxylation sites is 1. The van der Waals surface area contributed by atoms with E-state index >= 15 is 0 Å².